The zero-order valence-corrected chi connectivity index (χ0v) is 10.6. The molecular formula is C13H19NO3. The lowest BCUT2D eigenvalue weighted by atomic mass is 10.1. The monoisotopic (exact) mass is 237 g/mol. The molecule has 1 N–H and O–H groups in total. The first kappa shape index (κ1) is 12.1. The van der Waals surface area contributed by atoms with Gasteiger partial charge in [0.05, 0.1) is 11.8 Å². The fourth-order valence-electron chi connectivity index (χ4n) is 2.86. The van der Waals surface area contributed by atoms with E-state index in [0.717, 1.165) is 13.0 Å². The molecule has 2 aliphatic rings. The summed E-state index contributed by atoms with van der Waals surface area (Å²) in [4.78, 5) is 25.1. The lowest BCUT2D eigenvalue weighted by molar-refractivity contribution is -0.142. The van der Waals surface area contributed by atoms with Crippen molar-refractivity contribution in [2.45, 2.75) is 27.2 Å². The van der Waals surface area contributed by atoms with Crippen molar-refractivity contribution in [3.05, 3.63) is 11.6 Å². The van der Waals surface area contributed by atoms with Crippen LogP contribution < -0.4 is 0 Å². The van der Waals surface area contributed by atoms with Gasteiger partial charge in [-0.1, -0.05) is 25.5 Å². The van der Waals surface area contributed by atoms with E-state index in [9.17, 15) is 9.59 Å². The number of carbonyl (C=O) groups excluding carboxylic acids is 1. The number of carbonyl (C=O) groups is 2. The maximum atomic E-state index is 12.3. The number of aliphatic carboxylic acids is 1. The summed E-state index contributed by atoms with van der Waals surface area (Å²) in [6, 6.07) is 0. The summed E-state index contributed by atoms with van der Waals surface area (Å²) in [5.74, 6) is -1.69. The van der Waals surface area contributed by atoms with Crippen LogP contribution in [0.1, 0.15) is 27.2 Å². The summed E-state index contributed by atoms with van der Waals surface area (Å²) in [5, 5.41) is 9.08. The van der Waals surface area contributed by atoms with Gasteiger partial charge in [0.25, 0.3) is 0 Å². The van der Waals surface area contributed by atoms with E-state index in [1.165, 1.54) is 5.57 Å². The Hall–Kier alpha value is -1.32. The third kappa shape index (κ3) is 1.96. The molecule has 0 radical (unpaired) electrons. The second-order valence-electron chi connectivity index (χ2n) is 5.71. The SMILES string of the molecule is CC1=CCCN(C(=O)[C@H]2[C@@H](C(=O)O)C2(C)C)C1. The van der Waals surface area contributed by atoms with Gasteiger partial charge >= 0.3 is 5.97 Å². The Morgan fingerprint density at radius 2 is 2.06 bits per heavy atom. The highest BCUT2D eigenvalue weighted by Gasteiger charge is 2.66. The van der Waals surface area contributed by atoms with Crippen LogP contribution in [0.15, 0.2) is 11.6 Å². The summed E-state index contributed by atoms with van der Waals surface area (Å²) < 4.78 is 0. The summed E-state index contributed by atoms with van der Waals surface area (Å²) in [6.07, 6.45) is 3.01. The van der Waals surface area contributed by atoms with Crippen LogP contribution in [0.4, 0.5) is 0 Å². The molecule has 4 nitrogen and oxygen atoms in total. The van der Waals surface area contributed by atoms with E-state index in [0.29, 0.717) is 6.54 Å². The maximum absolute atomic E-state index is 12.3. The largest absolute Gasteiger partial charge is 0.481 e. The normalized spacial score (nSPS) is 30.8. The second kappa shape index (κ2) is 3.86. The molecule has 0 aromatic rings. The van der Waals surface area contributed by atoms with Gasteiger partial charge in [0.15, 0.2) is 0 Å². The molecule has 0 unspecified atom stereocenters. The molecule has 1 aliphatic carbocycles. The van der Waals surface area contributed by atoms with Gasteiger partial charge in [-0.2, -0.15) is 0 Å². The Balaban J connectivity index is 2.07. The fourth-order valence-corrected chi connectivity index (χ4v) is 2.86. The molecule has 0 saturated heterocycles. The molecule has 4 heteroatoms. The van der Waals surface area contributed by atoms with Crippen molar-refractivity contribution in [2.75, 3.05) is 13.1 Å². The van der Waals surface area contributed by atoms with Crippen LogP contribution in [-0.2, 0) is 9.59 Å². The zero-order chi connectivity index (χ0) is 12.8. The van der Waals surface area contributed by atoms with Crippen molar-refractivity contribution in [1.82, 2.24) is 4.90 Å². The van der Waals surface area contributed by atoms with Crippen molar-refractivity contribution < 1.29 is 14.7 Å². The zero-order valence-electron chi connectivity index (χ0n) is 10.6. The Morgan fingerprint density at radius 3 is 2.53 bits per heavy atom. The van der Waals surface area contributed by atoms with Crippen LogP contribution in [0, 0.1) is 17.3 Å². The molecule has 1 saturated carbocycles. The average Bonchev–Trinajstić information content (AvgIpc) is 2.80. The molecule has 1 amide bonds. The highest BCUT2D eigenvalue weighted by molar-refractivity contribution is 5.91. The van der Waals surface area contributed by atoms with E-state index in [-0.39, 0.29) is 11.8 Å². The topological polar surface area (TPSA) is 57.6 Å². The molecule has 2 atom stereocenters. The third-order valence-electron chi connectivity index (χ3n) is 4.00. The van der Waals surface area contributed by atoms with E-state index in [2.05, 4.69) is 6.08 Å². The van der Waals surface area contributed by atoms with Crippen molar-refractivity contribution in [3.8, 4) is 0 Å². The van der Waals surface area contributed by atoms with Crippen LogP contribution >= 0.6 is 0 Å². The minimum atomic E-state index is -0.849. The highest BCUT2D eigenvalue weighted by Crippen LogP contribution is 2.59. The molecule has 17 heavy (non-hydrogen) atoms. The number of hydrogen-bond donors (Lipinski definition) is 1. The molecule has 94 valence electrons. The molecule has 1 heterocycles. The number of amides is 1. The molecule has 1 fully saturated rings. The lowest BCUT2D eigenvalue weighted by Gasteiger charge is -2.26. The van der Waals surface area contributed by atoms with Gasteiger partial charge in [0.1, 0.15) is 0 Å². The van der Waals surface area contributed by atoms with E-state index in [1.54, 1.807) is 4.90 Å². The number of hydrogen-bond acceptors (Lipinski definition) is 2. The molecule has 0 aromatic carbocycles. The van der Waals surface area contributed by atoms with Gasteiger partial charge in [-0.15, -0.1) is 0 Å². The van der Waals surface area contributed by atoms with E-state index in [1.807, 2.05) is 20.8 Å². The van der Waals surface area contributed by atoms with Gasteiger partial charge in [0.2, 0.25) is 5.91 Å². The predicted molar refractivity (Wildman–Crippen MR) is 63.4 cm³/mol. The molecule has 2 rings (SSSR count). The number of carboxylic acids is 1. The third-order valence-corrected chi connectivity index (χ3v) is 4.00. The first-order chi connectivity index (χ1) is 7.85. The first-order valence-corrected chi connectivity index (χ1v) is 6.03. The lowest BCUT2D eigenvalue weighted by Crippen LogP contribution is -2.37. The summed E-state index contributed by atoms with van der Waals surface area (Å²) >= 11 is 0. The molecule has 0 bridgehead atoms. The molecule has 0 aromatic heterocycles. The van der Waals surface area contributed by atoms with E-state index >= 15 is 0 Å². The van der Waals surface area contributed by atoms with E-state index in [4.69, 9.17) is 5.11 Å². The minimum Gasteiger partial charge on any atom is -0.481 e. The first-order valence-electron chi connectivity index (χ1n) is 6.03. The Kier molecular flexibility index (Phi) is 2.76. The smallest absolute Gasteiger partial charge is 0.307 e. The van der Waals surface area contributed by atoms with Gasteiger partial charge in [-0.25, -0.2) is 0 Å². The van der Waals surface area contributed by atoms with Gasteiger partial charge in [-0.3, -0.25) is 9.59 Å². The van der Waals surface area contributed by atoms with Crippen LogP contribution in [0.25, 0.3) is 0 Å². The summed E-state index contributed by atoms with van der Waals surface area (Å²) in [7, 11) is 0. The molecular weight excluding hydrogens is 218 g/mol. The van der Waals surface area contributed by atoms with Gasteiger partial charge in [0, 0.05) is 13.1 Å². The van der Waals surface area contributed by atoms with E-state index < -0.39 is 17.3 Å². The fraction of sp³-hybridized carbons (Fsp3) is 0.692. The maximum Gasteiger partial charge on any atom is 0.307 e. The van der Waals surface area contributed by atoms with Crippen LogP contribution in [0.3, 0.4) is 0 Å². The Labute approximate surface area is 101 Å². The summed E-state index contributed by atoms with van der Waals surface area (Å²) in [5.41, 5.74) is 0.799. The van der Waals surface area contributed by atoms with Crippen molar-refractivity contribution in [1.29, 1.82) is 0 Å². The van der Waals surface area contributed by atoms with Crippen molar-refractivity contribution >= 4 is 11.9 Å². The van der Waals surface area contributed by atoms with Gasteiger partial charge < -0.3 is 10.0 Å². The summed E-state index contributed by atoms with van der Waals surface area (Å²) in [6.45, 7) is 7.10. The van der Waals surface area contributed by atoms with Crippen molar-refractivity contribution in [2.24, 2.45) is 17.3 Å². The van der Waals surface area contributed by atoms with Gasteiger partial charge in [-0.05, 0) is 18.8 Å². The predicted octanol–water partition coefficient (Wildman–Crippen LogP) is 1.52. The van der Waals surface area contributed by atoms with Crippen LogP contribution in [0.5, 0.6) is 0 Å². The van der Waals surface area contributed by atoms with Crippen molar-refractivity contribution in [3.63, 3.8) is 0 Å². The standard InChI is InChI=1S/C13H19NO3/c1-8-5-4-6-14(7-8)11(15)9-10(12(16)17)13(9,2)3/h5,9-10H,4,6-7H2,1-3H3,(H,16,17)/t9-,10+/m1/s1. The minimum absolute atomic E-state index is 0.00912. The second-order valence-corrected chi connectivity index (χ2v) is 5.71. The molecule has 0 spiro atoms. The Morgan fingerprint density at radius 1 is 1.41 bits per heavy atom. The number of carboxylic acid groups (broad SMARTS) is 1. The van der Waals surface area contributed by atoms with Crippen LogP contribution in [0.2, 0.25) is 0 Å². The average molecular weight is 237 g/mol. The highest BCUT2D eigenvalue weighted by atomic mass is 16.4. The quantitative estimate of drug-likeness (QED) is 0.741. The Bertz CT molecular complexity index is 397. The number of nitrogens with zero attached hydrogens (tertiary/aromatic N) is 1. The molecule has 1 aliphatic heterocycles. The van der Waals surface area contributed by atoms with Crippen LogP contribution in [-0.4, -0.2) is 35.0 Å². The number of rotatable bonds is 2.